The predicted molar refractivity (Wildman–Crippen MR) is 160 cm³/mol. The Morgan fingerprint density at radius 3 is 2.50 bits per heavy atom. The van der Waals surface area contributed by atoms with E-state index in [0.717, 1.165) is 91.4 Å². The highest BCUT2D eigenvalue weighted by atomic mass is 32.1. The summed E-state index contributed by atoms with van der Waals surface area (Å²) in [7, 11) is 0. The number of carbonyl (C=O) groups is 1. The van der Waals surface area contributed by atoms with Gasteiger partial charge in [-0.05, 0) is 54.6 Å². The number of amides is 1. The molecule has 4 aromatic rings. The lowest BCUT2D eigenvalue weighted by Crippen LogP contribution is -2.38. The van der Waals surface area contributed by atoms with Crippen LogP contribution in [-0.2, 0) is 4.74 Å². The molecule has 0 spiro atoms. The lowest BCUT2D eigenvalue weighted by atomic mass is 10.1. The number of morpholine rings is 1. The number of fused-ring (bicyclic) bond motifs is 1. The van der Waals surface area contributed by atoms with E-state index in [0.29, 0.717) is 10.6 Å². The van der Waals surface area contributed by atoms with Crippen LogP contribution in [0.2, 0.25) is 0 Å². The van der Waals surface area contributed by atoms with Crippen LogP contribution in [0.25, 0.3) is 9.53 Å². The smallest absolute Gasteiger partial charge is 0.265 e. The van der Waals surface area contributed by atoms with Crippen LogP contribution in [0.15, 0.2) is 54.6 Å². The number of nitrogens with one attached hydrogen (secondary N) is 2. The minimum Gasteiger partial charge on any atom is -0.490 e. The molecular formula is C29H32FN5O3S2. The average Bonchev–Trinajstić information content (AvgIpc) is 3.55. The van der Waals surface area contributed by atoms with E-state index in [-0.39, 0.29) is 17.8 Å². The predicted octanol–water partition coefficient (Wildman–Crippen LogP) is 5.54. The van der Waals surface area contributed by atoms with Gasteiger partial charge in [-0.3, -0.25) is 9.69 Å². The summed E-state index contributed by atoms with van der Waals surface area (Å²) in [6, 6.07) is 16.1. The third kappa shape index (κ3) is 6.72. The minimum absolute atomic E-state index is 0.122. The molecule has 6 rings (SSSR count). The Morgan fingerprint density at radius 2 is 1.77 bits per heavy atom. The van der Waals surface area contributed by atoms with E-state index in [4.69, 9.17) is 9.47 Å². The van der Waals surface area contributed by atoms with E-state index in [1.165, 1.54) is 23.5 Å². The number of aromatic nitrogens is 1. The third-order valence-electron chi connectivity index (χ3n) is 7.17. The van der Waals surface area contributed by atoms with Gasteiger partial charge >= 0.3 is 0 Å². The molecule has 0 unspecified atom stereocenters. The van der Waals surface area contributed by atoms with Crippen LogP contribution in [0, 0.1) is 5.82 Å². The molecule has 4 heterocycles. The summed E-state index contributed by atoms with van der Waals surface area (Å²) in [5, 5.41) is 7.32. The second-order valence-electron chi connectivity index (χ2n) is 9.94. The molecular weight excluding hydrogens is 549 g/mol. The number of anilines is 3. The number of rotatable bonds is 9. The van der Waals surface area contributed by atoms with Crippen molar-refractivity contribution in [1.29, 1.82) is 0 Å². The number of ether oxygens (including phenoxy) is 2. The van der Waals surface area contributed by atoms with Crippen molar-refractivity contribution in [3.8, 4) is 5.75 Å². The molecule has 0 radical (unpaired) electrons. The second-order valence-corrected chi connectivity index (χ2v) is 12.0. The summed E-state index contributed by atoms with van der Waals surface area (Å²) in [6.07, 6.45) is 1.91. The standard InChI is InChI=1S/C29H32FN5O3S2/c30-20-1-7-23(8-2-20)38-24-9-12-35(13-10-24)22-5-3-21(4-6-22)32-27(36)25-19-26-28(39-25)33-29(40-26)31-11-14-34-15-17-37-18-16-34/h1-8,19,24H,9-18H2,(H,31,33)(H,32,36). The Balaban J connectivity index is 0.970. The van der Waals surface area contributed by atoms with Gasteiger partial charge in [0, 0.05) is 63.5 Å². The molecule has 11 heteroatoms. The van der Waals surface area contributed by atoms with Crippen LogP contribution in [0.3, 0.4) is 0 Å². The van der Waals surface area contributed by atoms with E-state index in [1.54, 1.807) is 23.5 Å². The number of hydrogen-bond acceptors (Lipinski definition) is 9. The summed E-state index contributed by atoms with van der Waals surface area (Å²) < 4.78 is 25.5. The number of halogens is 1. The molecule has 8 nitrogen and oxygen atoms in total. The number of thiophene rings is 1. The zero-order chi connectivity index (χ0) is 27.3. The monoisotopic (exact) mass is 581 g/mol. The normalized spacial score (nSPS) is 16.8. The van der Waals surface area contributed by atoms with Crippen molar-refractivity contribution >= 4 is 54.6 Å². The van der Waals surface area contributed by atoms with E-state index < -0.39 is 0 Å². The van der Waals surface area contributed by atoms with Gasteiger partial charge in [-0.15, -0.1) is 11.3 Å². The number of nitrogens with zero attached hydrogens (tertiary/aromatic N) is 3. The van der Waals surface area contributed by atoms with Crippen LogP contribution in [-0.4, -0.2) is 74.4 Å². The largest absolute Gasteiger partial charge is 0.490 e. The zero-order valence-corrected chi connectivity index (χ0v) is 23.7. The average molecular weight is 582 g/mol. The topological polar surface area (TPSA) is 79.0 Å². The van der Waals surface area contributed by atoms with Gasteiger partial charge in [-0.2, -0.15) is 0 Å². The fraction of sp³-hybridized carbons (Fsp3) is 0.379. The number of thiazole rings is 1. The van der Waals surface area contributed by atoms with Crippen molar-refractivity contribution < 1.29 is 18.7 Å². The molecule has 1 amide bonds. The maximum absolute atomic E-state index is 13.1. The van der Waals surface area contributed by atoms with E-state index in [2.05, 4.69) is 25.4 Å². The van der Waals surface area contributed by atoms with Crippen LogP contribution >= 0.6 is 22.7 Å². The molecule has 2 saturated heterocycles. The van der Waals surface area contributed by atoms with Crippen molar-refractivity contribution in [3.05, 3.63) is 65.3 Å². The number of piperidine rings is 1. The maximum atomic E-state index is 13.1. The Bertz CT molecular complexity index is 1380. The molecule has 0 saturated carbocycles. The van der Waals surface area contributed by atoms with Gasteiger partial charge in [-0.1, -0.05) is 11.3 Å². The van der Waals surface area contributed by atoms with Gasteiger partial charge in [-0.25, -0.2) is 9.37 Å². The zero-order valence-electron chi connectivity index (χ0n) is 22.1. The maximum Gasteiger partial charge on any atom is 0.265 e. The summed E-state index contributed by atoms with van der Waals surface area (Å²) in [5.41, 5.74) is 1.88. The Morgan fingerprint density at radius 1 is 1.02 bits per heavy atom. The van der Waals surface area contributed by atoms with Gasteiger partial charge in [0.2, 0.25) is 0 Å². The second kappa shape index (κ2) is 12.5. The summed E-state index contributed by atoms with van der Waals surface area (Å²) >= 11 is 3.00. The summed E-state index contributed by atoms with van der Waals surface area (Å²) in [4.78, 5) is 23.8. The lowest BCUT2D eigenvalue weighted by Gasteiger charge is -2.33. The van der Waals surface area contributed by atoms with E-state index in [1.807, 2.05) is 30.3 Å². The first kappa shape index (κ1) is 26.9. The van der Waals surface area contributed by atoms with E-state index in [9.17, 15) is 9.18 Å². The van der Waals surface area contributed by atoms with Gasteiger partial charge in [0.1, 0.15) is 22.5 Å². The summed E-state index contributed by atoms with van der Waals surface area (Å²) in [5.74, 6) is 0.327. The van der Waals surface area contributed by atoms with Gasteiger partial charge in [0.25, 0.3) is 5.91 Å². The SMILES string of the molecule is O=C(Nc1ccc(N2CCC(Oc3ccc(F)cc3)CC2)cc1)c1cc2sc(NCCN3CCOCC3)nc2s1. The molecule has 0 atom stereocenters. The molecule has 40 heavy (non-hydrogen) atoms. The molecule has 2 aliphatic rings. The highest BCUT2D eigenvalue weighted by molar-refractivity contribution is 7.29. The van der Waals surface area contributed by atoms with Crippen molar-refractivity contribution in [2.24, 2.45) is 0 Å². The van der Waals surface area contributed by atoms with Crippen molar-refractivity contribution in [1.82, 2.24) is 9.88 Å². The minimum atomic E-state index is -0.258. The molecule has 0 aliphatic carbocycles. The first-order valence-electron chi connectivity index (χ1n) is 13.6. The number of benzene rings is 2. The number of carbonyl (C=O) groups excluding carboxylic acids is 1. The van der Waals surface area contributed by atoms with E-state index >= 15 is 0 Å². The van der Waals surface area contributed by atoms with Crippen molar-refractivity contribution in [2.75, 3.05) is 68.0 Å². The highest BCUT2D eigenvalue weighted by Crippen LogP contribution is 2.33. The molecule has 210 valence electrons. The molecule has 2 aromatic carbocycles. The van der Waals surface area contributed by atoms with Crippen LogP contribution in [0.5, 0.6) is 5.75 Å². The highest BCUT2D eigenvalue weighted by Gasteiger charge is 2.21. The Hall–Kier alpha value is -3.25. The fourth-order valence-electron chi connectivity index (χ4n) is 4.95. The first-order chi connectivity index (χ1) is 19.6. The lowest BCUT2D eigenvalue weighted by molar-refractivity contribution is 0.0398. The summed E-state index contributed by atoms with van der Waals surface area (Å²) in [6.45, 7) is 7.11. The van der Waals surface area contributed by atoms with Gasteiger partial charge in [0.05, 0.1) is 22.8 Å². The van der Waals surface area contributed by atoms with Gasteiger partial charge in [0.15, 0.2) is 5.13 Å². The molecule has 2 aromatic heterocycles. The molecule has 2 N–H and O–H groups in total. The third-order valence-corrected chi connectivity index (χ3v) is 9.29. The number of hydrogen-bond donors (Lipinski definition) is 2. The molecule has 2 aliphatic heterocycles. The fourth-order valence-corrected chi connectivity index (χ4v) is 6.99. The van der Waals surface area contributed by atoms with Crippen LogP contribution in [0.4, 0.5) is 20.9 Å². The van der Waals surface area contributed by atoms with Crippen LogP contribution < -0.4 is 20.3 Å². The van der Waals surface area contributed by atoms with Crippen molar-refractivity contribution in [2.45, 2.75) is 18.9 Å². The van der Waals surface area contributed by atoms with Crippen LogP contribution in [0.1, 0.15) is 22.5 Å². The Labute approximate surface area is 240 Å². The first-order valence-corrected chi connectivity index (χ1v) is 15.3. The molecule has 0 bridgehead atoms. The van der Waals surface area contributed by atoms with Gasteiger partial charge < -0.3 is 25.0 Å². The molecule has 2 fully saturated rings. The van der Waals surface area contributed by atoms with Crippen molar-refractivity contribution in [3.63, 3.8) is 0 Å². The Kier molecular flexibility index (Phi) is 8.43. The quantitative estimate of drug-likeness (QED) is 0.269.